The number of imidazole rings is 2. The Balaban J connectivity index is 1.30. The van der Waals surface area contributed by atoms with Crippen molar-refractivity contribution in [2.75, 3.05) is 31.7 Å². The van der Waals surface area contributed by atoms with Crippen LogP contribution in [0, 0.1) is 0 Å². The maximum absolute atomic E-state index is 5.41. The Hall–Kier alpha value is -3.75. The summed E-state index contributed by atoms with van der Waals surface area (Å²) in [4.78, 5) is 20.6. The topological polar surface area (TPSA) is 94.7 Å². The van der Waals surface area contributed by atoms with Gasteiger partial charge >= 0.3 is 0 Å². The third-order valence-corrected chi connectivity index (χ3v) is 5.44. The summed E-state index contributed by atoms with van der Waals surface area (Å²) in [6.07, 6.45) is 1.77. The summed E-state index contributed by atoms with van der Waals surface area (Å²) in [6.45, 7) is 3.25. The number of morpholine rings is 1. The van der Waals surface area contributed by atoms with Gasteiger partial charge in [-0.25, -0.2) is 15.0 Å². The van der Waals surface area contributed by atoms with Gasteiger partial charge < -0.3 is 20.1 Å². The molecule has 0 spiro atoms. The Bertz CT molecular complexity index is 1350. The largest absolute Gasteiger partial charge is 0.379 e. The minimum atomic E-state index is 0.752. The van der Waals surface area contributed by atoms with Crippen LogP contribution in [0.15, 0.2) is 60.8 Å². The van der Waals surface area contributed by atoms with Crippen molar-refractivity contribution in [2.45, 2.75) is 0 Å². The van der Waals surface area contributed by atoms with Gasteiger partial charge in [-0.1, -0.05) is 6.07 Å². The number of pyridine rings is 1. The van der Waals surface area contributed by atoms with E-state index in [1.54, 1.807) is 6.20 Å². The molecule has 8 nitrogen and oxygen atoms in total. The first-order valence-electron chi connectivity index (χ1n) is 10.3. The zero-order valence-electron chi connectivity index (χ0n) is 16.8. The van der Waals surface area contributed by atoms with Gasteiger partial charge in [-0.05, 0) is 48.5 Å². The van der Waals surface area contributed by atoms with Crippen molar-refractivity contribution in [3.05, 3.63) is 60.8 Å². The van der Waals surface area contributed by atoms with E-state index in [-0.39, 0.29) is 0 Å². The fourth-order valence-electron chi connectivity index (χ4n) is 3.85. The zero-order valence-corrected chi connectivity index (χ0v) is 16.8. The first-order valence-corrected chi connectivity index (χ1v) is 10.3. The number of anilines is 1. The number of benzene rings is 2. The minimum absolute atomic E-state index is 0.752. The molecule has 0 saturated carbocycles. The molecular formula is C23H21N7O. The van der Waals surface area contributed by atoms with Crippen LogP contribution in [0.2, 0.25) is 0 Å². The van der Waals surface area contributed by atoms with E-state index in [4.69, 9.17) is 9.72 Å². The lowest BCUT2D eigenvalue weighted by Crippen LogP contribution is -2.40. The number of hydrazine groups is 1. The third kappa shape index (κ3) is 3.52. The molecule has 4 heterocycles. The SMILES string of the molecule is c1ccc(-c2nc3ccc(-c4nc5ccc(NN6CCOCC6)cc5[nH]4)cc3[nH]2)nc1. The van der Waals surface area contributed by atoms with Gasteiger partial charge in [-0.15, -0.1) is 0 Å². The Morgan fingerprint density at radius 1 is 0.839 bits per heavy atom. The fraction of sp³-hybridized carbons (Fsp3) is 0.174. The van der Waals surface area contributed by atoms with Crippen molar-refractivity contribution in [1.29, 1.82) is 0 Å². The summed E-state index contributed by atoms with van der Waals surface area (Å²) in [5.74, 6) is 1.59. The summed E-state index contributed by atoms with van der Waals surface area (Å²) in [5.41, 5.74) is 10.1. The van der Waals surface area contributed by atoms with E-state index in [1.165, 1.54) is 0 Å². The van der Waals surface area contributed by atoms with Gasteiger partial charge in [0.05, 0.1) is 41.0 Å². The van der Waals surface area contributed by atoms with E-state index in [0.29, 0.717) is 0 Å². The molecule has 8 heteroatoms. The molecule has 0 atom stereocenters. The molecule has 2 aromatic carbocycles. The summed E-state index contributed by atoms with van der Waals surface area (Å²) < 4.78 is 5.41. The number of hydrogen-bond donors (Lipinski definition) is 3. The molecule has 1 fully saturated rings. The van der Waals surface area contributed by atoms with Crippen molar-refractivity contribution in [2.24, 2.45) is 0 Å². The predicted molar refractivity (Wildman–Crippen MR) is 120 cm³/mol. The summed E-state index contributed by atoms with van der Waals surface area (Å²) in [6, 6.07) is 18.1. The molecule has 0 aliphatic carbocycles. The van der Waals surface area contributed by atoms with Crippen LogP contribution in [0.4, 0.5) is 5.69 Å². The highest BCUT2D eigenvalue weighted by Gasteiger charge is 2.12. The van der Waals surface area contributed by atoms with E-state index >= 15 is 0 Å². The number of aromatic amines is 2. The van der Waals surface area contributed by atoms with Crippen molar-refractivity contribution in [3.63, 3.8) is 0 Å². The molecular weight excluding hydrogens is 390 g/mol. The second kappa shape index (κ2) is 7.50. The molecule has 0 unspecified atom stereocenters. The van der Waals surface area contributed by atoms with E-state index in [1.807, 2.05) is 36.4 Å². The smallest absolute Gasteiger partial charge is 0.157 e. The van der Waals surface area contributed by atoms with Gasteiger partial charge in [-0.2, -0.15) is 0 Å². The van der Waals surface area contributed by atoms with Gasteiger partial charge in [0.25, 0.3) is 0 Å². The Labute approximate surface area is 178 Å². The number of aromatic nitrogens is 5. The van der Waals surface area contributed by atoms with Crippen LogP contribution >= 0.6 is 0 Å². The molecule has 1 aliphatic heterocycles. The highest BCUT2D eigenvalue weighted by Crippen LogP contribution is 2.27. The maximum Gasteiger partial charge on any atom is 0.157 e. The molecule has 154 valence electrons. The highest BCUT2D eigenvalue weighted by atomic mass is 16.5. The van der Waals surface area contributed by atoms with Crippen LogP contribution in [-0.2, 0) is 4.74 Å². The quantitative estimate of drug-likeness (QED) is 0.416. The lowest BCUT2D eigenvalue weighted by molar-refractivity contribution is 0.0497. The maximum atomic E-state index is 5.41. The van der Waals surface area contributed by atoms with E-state index in [0.717, 1.165) is 77.0 Å². The van der Waals surface area contributed by atoms with E-state index in [9.17, 15) is 0 Å². The number of nitrogens with one attached hydrogen (secondary N) is 3. The van der Waals surface area contributed by atoms with Crippen LogP contribution in [0.3, 0.4) is 0 Å². The van der Waals surface area contributed by atoms with Gasteiger partial charge in [0.2, 0.25) is 0 Å². The Morgan fingerprint density at radius 3 is 2.45 bits per heavy atom. The van der Waals surface area contributed by atoms with Crippen LogP contribution in [0.5, 0.6) is 0 Å². The molecule has 6 rings (SSSR count). The number of fused-ring (bicyclic) bond motifs is 2. The standard InChI is InChI=1S/C23H21N7O/c1-2-8-24-19(3-1)23-26-17-6-4-15(13-20(17)28-23)22-25-18-7-5-16(14-21(18)27-22)29-30-9-11-31-12-10-30/h1-8,13-14,29H,9-12H2,(H,25,27)(H,26,28). The predicted octanol–water partition coefficient (Wildman–Crippen LogP) is 3.83. The molecule has 31 heavy (non-hydrogen) atoms. The average Bonchev–Trinajstić information content (AvgIpc) is 3.44. The molecule has 1 aliphatic rings. The minimum Gasteiger partial charge on any atom is -0.379 e. The first kappa shape index (κ1) is 18.1. The molecule has 3 N–H and O–H groups in total. The molecule has 1 saturated heterocycles. The number of H-pyrrole nitrogens is 2. The number of nitrogens with zero attached hydrogens (tertiary/aromatic N) is 4. The van der Waals surface area contributed by atoms with Gasteiger partial charge in [0.15, 0.2) is 5.82 Å². The summed E-state index contributed by atoms with van der Waals surface area (Å²) >= 11 is 0. The summed E-state index contributed by atoms with van der Waals surface area (Å²) in [7, 11) is 0. The molecule has 3 aromatic heterocycles. The normalized spacial score (nSPS) is 15.0. The lowest BCUT2D eigenvalue weighted by atomic mass is 10.2. The van der Waals surface area contributed by atoms with Crippen LogP contribution in [0.1, 0.15) is 0 Å². The fourth-order valence-corrected chi connectivity index (χ4v) is 3.85. The van der Waals surface area contributed by atoms with Gasteiger partial charge in [-0.3, -0.25) is 4.98 Å². The van der Waals surface area contributed by atoms with Crippen LogP contribution in [-0.4, -0.2) is 56.2 Å². The number of ether oxygens (including phenoxy) is 1. The van der Waals surface area contributed by atoms with Crippen molar-refractivity contribution >= 4 is 27.8 Å². The van der Waals surface area contributed by atoms with E-state index in [2.05, 4.69) is 48.6 Å². The van der Waals surface area contributed by atoms with Gasteiger partial charge in [0.1, 0.15) is 11.5 Å². The van der Waals surface area contributed by atoms with Gasteiger partial charge in [0, 0.05) is 24.8 Å². The molecule has 0 bridgehead atoms. The van der Waals surface area contributed by atoms with Crippen molar-refractivity contribution < 1.29 is 4.74 Å². The average molecular weight is 411 g/mol. The monoisotopic (exact) mass is 411 g/mol. The van der Waals surface area contributed by atoms with Crippen molar-refractivity contribution in [1.82, 2.24) is 29.9 Å². The molecule has 0 radical (unpaired) electrons. The summed E-state index contributed by atoms with van der Waals surface area (Å²) in [5, 5.41) is 2.17. The lowest BCUT2D eigenvalue weighted by Gasteiger charge is -2.27. The van der Waals surface area contributed by atoms with Crippen LogP contribution in [0.25, 0.3) is 45.0 Å². The third-order valence-electron chi connectivity index (χ3n) is 5.44. The molecule has 5 aromatic rings. The number of hydrogen-bond acceptors (Lipinski definition) is 6. The number of rotatable bonds is 4. The van der Waals surface area contributed by atoms with Crippen LogP contribution < -0.4 is 5.43 Å². The second-order valence-corrected chi connectivity index (χ2v) is 7.56. The first-order chi connectivity index (χ1) is 15.3. The van der Waals surface area contributed by atoms with E-state index < -0.39 is 0 Å². The van der Waals surface area contributed by atoms with Crippen molar-refractivity contribution in [3.8, 4) is 22.9 Å². The molecule has 0 amide bonds. The zero-order chi connectivity index (χ0) is 20.6. The Kier molecular flexibility index (Phi) is 4.37. The second-order valence-electron chi connectivity index (χ2n) is 7.56. The highest BCUT2D eigenvalue weighted by molar-refractivity contribution is 5.86. The Morgan fingerprint density at radius 2 is 1.61 bits per heavy atom.